The molecule has 1 aliphatic rings. The first-order valence-corrected chi connectivity index (χ1v) is 9.36. The number of nitrogens with one attached hydrogen (secondary N) is 2. The van der Waals surface area contributed by atoms with E-state index in [9.17, 15) is 0 Å². The van der Waals surface area contributed by atoms with Gasteiger partial charge in [-0.2, -0.15) is 5.10 Å². The van der Waals surface area contributed by atoms with Crippen molar-refractivity contribution in [3.8, 4) is 0 Å². The van der Waals surface area contributed by atoms with Gasteiger partial charge in [0.2, 0.25) is 0 Å². The number of likely N-dealkylation sites (tertiary alicyclic amines) is 1. The Morgan fingerprint density at radius 1 is 1.24 bits per heavy atom. The molecule has 130 valence electrons. The summed E-state index contributed by atoms with van der Waals surface area (Å²) in [6, 6.07) is 2.03. The quantitative estimate of drug-likeness (QED) is 0.732. The molecule has 0 atom stereocenters. The van der Waals surface area contributed by atoms with Gasteiger partial charge in [0.05, 0.1) is 11.4 Å². The van der Waals surface area contributed by atoms with Crippen molar-refractivity contribution in [3.05, 3.63) is 47.1 Å². The van der Waals surface area contributed by atoms with E-state index < -0.39 is 0 Å². The third kappa shape index (κ3) is 3.85. The molecule has 0 amide bonds. The minimum Gasteiger partial charge on any atom is -0.315 e. The summed E-state index contributed by atoms with van der Waals surface area (Å²) in [6.45, 7) is 5.03. The number of rotatable bonds is 5. The second-order valence-electron chi connectivity index (χ2n) is 6.34. The van der Waals surface area contributed by atoms with Crippen molar-refractivity contribution in [3.63, 3.8) is 0 Å². The molecule has 4 rings (SSSR count). The fourth-order valence-electron chi connectivity index (χ4n) is 3.23. The van der Waals surface area contributed by atoms with Crippen LogP contribution in [0.4, 0.5) is 10.9 Å². The molecule has 0 radical (unpaired) electrons. The average molecular weight is 355 g/mol. The summed E-state index contributed by atoms with van der Waals surface area (Å²) in [4.78, 5) is 16.1. The van der Waals surface area contributed by atoms with Gasteiger partial charge in [0.15, 0.2) is 10.9 Å². The number of aromatic nitrogens is 5. The highest BCUT2D eigenvalue weighted by Gasteiger charge is 2.24. The minimum atomic E-state index is 0.426. The zero-order valence-electron chi connectivity index (χ0n) is 14.1. The van der Waals surface area contributed by atoms with Gasteiger partial charge in [0.25, 0.3) is 0 Å². The largest absolute Gasteiger partial charge is 0.315 e. The van der Waals surface area contributed by atoms with Gasteiger partial charge >= 0.3 is 0 Å². The van der Waals surface area contributed by atoms with Gasteiger partial charge in [-0.05, 0) is 38.9 Å². The second kappa shape index (κ2) is 7.28. The van der Waals surface area contributed by atoms with Gasteiger partial charge in [0, 0.05) is 42.1 Å². The van der Waals surface area contributed by atoms with Crippen LogP contribution in [0.1, 0.15) is 35.8 Å². The van der Waals surface area contributed by atoms with E-state index in [1.165, 1.54) is 5.69 Å². The van der Waals surface area contributed by atoms with Crippen LogP contribution in [-0.2, 0) is 6.54 Å². The highest BCUT2D eigenvalue weighted by molar-refractivity contribution is 7.13. The zero-order chi connectivity index (χ0) is 17.1. The lowest BCUT2D eigenvalue weighted by atomic mass is 9.93. The number of aromatic amines is 1. The normalized spacial score (nSPS) is 16.2. The van der Waals surface area contributed by atoms with Gasteiger partial charge in [-0.3, -0.25) is 15.0 Å². The molecule has 0 unspecified atom stereocenters. The van der Waals surface area contributed by atoms with E-state index in [0.29, 0.717) is 5.92 Å². The van der Waals surface area contributed by atoms with Crippen LogP contribution in [0.5, 0.6) is 0 Å². The number of thiazole rings is 1. The Bertz CT molecular complexity index is 806. The highest BCUT2D eigenvalue weighted by Crippen LogP contribution is 2.32. The van der Waals surface area contributed by atoms with Crippen LogP contribution in [0.2, 0.25) is 0 Å². The molecule has 0 bridgehead atoms. The van der Waals surface area contributed by atoms with Crippen LogP contribution in [0.25, 0.3) is 0 Å². The summed E-state index contributed by atoms with van der Waals surface area (Å²) in [5, 5.41) is 13.3. The summed E-state index contributed by atoms with van der Waals surface area (Å²) in [5.74, 6) is 1.26. The van der Waals surface area contributed by atoms with E-state index in [4.69, 9.17) is 0 Å². The molecule has 3 aromatic heterocycles. The lowest BCUT2D eigenvalue weighted by Crippen LogP contribution is -2.33. The Balaban J connectivity index is 1.42. The number of anilines is 2. The molecule has 3 aromatic rings. The van der Waals surface area contributed by atoms with Crippen molar-refractivity contribution >= 4 is 22.3 Å². The Kier molecular flexibility index (Phi) is 4.71. The second-order valence-corrected chi connectivity index (χ2v) is 7.20. The molecule has 8 heteroatoms. The fourth-order valence-corrected chi connectivity index (χ4v) is 3.92. The number of nitrogens with zero attached hydrogens (tertiary/aromatic N) is 5. The molecule has 0 aliphatic carbocycles. The molecule has 25 heavy (non-hydrogen) atoms. The first-order valence-electron chi connectivity index (χ1n) is 8.48. The molecule has 0 spiro atoms. The van der Waals surface area contributed by atoms with E-state index in [1.54, 1.807) is 29.9 Å². The lowest BCUT2D eigenvalue weighted by Gasteiger charge is -2.31. The van der Waals surface area contributed by atoms with Crippen LogP contribution in [0.3, 0.4) is 0 Å². The Labute approximate surface area is 150 Å². The number of piperidine rings is 1. The first kappa shape index (κ1) is 16.2. The summed E-state index contributed by atoms with van der Waals surface area (Å²) in [5.41, 5.74) is 3.24. The van der Waals surface area contributed by atoms with Crippen molar-refractivity contribution in [1.82, 2.24) is 30.0 Å². The van der Waals surface area contributed by atoms with E-state index >= 15 is 0 Å². The maximum atomic E-state index is 4.62. The average Bonchev–Trinajstić information content (AvgIpc) is 3.28. The monoisotopic (exact) mass is 355 g/mol. The molecular formula is C17H21N7S. The number of hydrogen-bond donors (Lipinski definition) is 2. The van der Waals surface area contributed by atoms with E-state index in [0.717, 1.165) is 54.8 Å². The number of aryl methyl sites for hydroxylation is 1. The molecular weight excluding hydrogens is 334 g/mol. The standard InChI is InChI=1S/C17H21N7S/c1-12-11-25-17(21-12)22-16-15(18-6-7-19-16)13-3-8-24(9-4-13)10-14-2-5-20-23-14/h2,5-7,11,13H,3-4,8-10H2,1H3,(H,20,23)(H,19,21,22). The summed E-state index contributed by atoms with van der Waals surface area (Å²) in [6.07, 6.45) is 7.49. The topological polar surface area (TPSA) is 82.6 Å². The van der Waals surface area contributed by atoms with Crippen LogP contribution >= 0.6 is 11.3 Å². The van der Waals surface area contributed by atoms with Crippen molar-refractivity contribution in [1.29, 1.82) is 0 Å². The number of hydrogen-bond acceptors (Lipinski definition) is 7. The maximum Gasteiger partial charge on any atom is 0.188 e. The maximum absolute atomic E-state index is 4.62. The SMILES string of the molecule is Cc1csc(Nc2nccnc2C2CCN(Cc3ccn[nH]3)CC2)n1. The zero-order valence-corrected chi connectivity index (χ0v) is 15.0. The number of H-pyrrole nitrogens is 1. The van der Waals surface area contributed by atoms with Crippen LogP contribution in [0.15, 0.2) is 30.0 Å². The predicted octanol–water partition coefficient (Wildman–Crippen LogP) is 3.09. The van der Waals surface area contributed by atoms with Gasteiger partial charge in [0.1, 0.15) is 0 Å². The van der Waals surface area contributed by atoms with E-state index in [2.05, 4.69) is 35.4 Å². The molecule has 1 fully saturated rings. The van der Waals surface area contributed by atoms with Crippen molar-refractivity contribution in [2.24, 2.45) is 0 Å². The Hall–Kier alpha value is -2.32. The molecule has 2 N–H and O–H groups in total. The summed E-state index contributed by atoms with van der Waals surface area (Å²) < 4.78 is 0. The van der Waals surface area contributed by atoms with E-state index in [1.807, 2.05) is 18.4 Å². The highest BCUT2D eigenvalue weighted by atomic mass is 32.1. The van der Waals surface area contributed by atoms with Gasteiger partial charge in [-0.15, -0.1) is 11.3 Å². The third-order valence-corrected chi connectivity index (χ3v) is 5.37. The molecule has 1 saturated heterocycles. The van der Waals surface area contributed by atoms with Crippen molar-refractivity contribution in [2.75, 3.05) is 18.4 Å². The van der Waals surface area contributed by atoms with Gasteiger partial charge < -0.3 is 5.32 Å². The molecule has 7 nitrogen and oxygen atoms in total. The third-order valence-electron chi connectivity index (χ3n) is 4.50. The molecule has 1 aliphatic heterocycles. The minimum absolute atomic E-state index is 0.426. The van der Waals surface area contributed by atoms with Crippen LogP contribution in [-0.4, -0.2) is 43.1 Å². The smallest absolute Gasteiger partial charge is 0.188 e. The summed E-state index contributed by atoms with van der Waals surface area (Å²) >= 11 is 1.59. The lowest BCUT2D eigenvalue weighted by molar-refractivity contribution is 0.201. The van der Waals surface area contributed by atoms with Crippen molar-refractivity contribution in [2.45, 2.75) is 32.2 Å². The summed E-state index contributed by atoms with van der Waals surface area (Å²) in [7, 11) is 0. The van der Waals surface area contributed by atoms with Crippen molar-refractivity contribution < 1.29 is 0 Å². The van der Waals surface area contributed by atoms with Gasteiger partial charge in [-0.1, -0.05) is 0 Å². The molecule has 0 saturated carbocycles. The van der Waals surface area contributed by atoms with Crippen LogP contribution in [0, 0.1) is 6.92 Å². The van der Waals surface area contributed by atoms with Gasteiger partial charge in [-0.25, -0.2) is 9.97 Å². The predicted molar refractivity (Wildman–Crippen MR) is 98.0 cm³/mol. The molecule has 4 heterocycles. The molecule has 0 aromatic carbocycles. The first-order chi connectivity index (χ1) is 12.3. The Morgan fingerprint density at radius 2 is 2.08 bits per heavy atom. The fraction of sp³-hybridized carbons (Fsp3) is 0.412. The van der Waals surface area contributed by atoms with E-state index in [-0.39, 0.29) is 0 Å². The Morgan fingerprint density at radius 3 is 2.80 bits per heavy atom. The van der Waals surface area contributed by atoms with Crippen LogP contribution < -0.4 is 5.32 Å².